The molecule has 0 saturated carbocycles. The van der Waals surface area contributed by atoms with Crippen molar-refractivity contribution < 1.29 is 0 Å². The SMILES string of the molecule is C[C@@H]1CNC[C@H]1N=[N+]=[N-]. The summed E-state index contributed by atoms with van der Waals surface area (Å²) in [4.78, 5) is 2.75. The van der Waals surface area contributed by atoms with Gasteiger partial charge in [-0.1, -0.05) is 12.0 Å². The normalized spacial score (nSPS) is 33.9. The van der Waals surface area contributed by atoms with E-state index in [2.05, 4.69) is 22.3 Å². The van der Waals surface area contributed by atoms with Gasteiger partial charge in [-0.2, -0.15) is 0 Å². The van der Waals surface area contributed by atoms with E-state index < -0.39 is 0 Å². The van der Waals surface area contributed by atoms with Gasteiger partial charge in [-0.25, -0.2) is 0 Å². The van der Waals surface area contributed by atoms with Gasteiger partial charge in [0.15, 0.2) is 0 Å². The maximum Gasteiger partial charge on any atom is 0.0536 e. The van der Waals surface area contributed by atoms with Crippen molar-refractivity contribution in [2.45, 2.75) is 13.0 Å². The van der Waals surface area contributed by atoms with Crippen molar-refractivity contribution in [3.63, 3.8) is 0 Å². The van der Waals surface area contributed by atoms with Gasteiger partial charge >= 0.3 is 0 Å². The Labute approximate surface area is 53.9 Å². The third kappa shape index (κ3) is 1.34. The molecule has 1 N–H and O–H groups in total. The Bertz CT molecular complexity index is 138. The molecule has 0 radical (unpaired) electrons. The molecule has 0 bridgehead atoms. The zero-order chi connectivity index (χ0) is 6.69. The van der Waals surface area contributed by atoms with Crippen molar-refractivity contribution in [3.8, 4) is 0 Å². The zero-order valence-corrected chi connectivity index (χ0v) is 5.41. The predicted molar refractivity (Wildman–Crippen MR) is 35.0 cm³/mol. The zero-order valence-electron chi connectivity index (χ0n) is 5.41. The Morgan fingerprint density at radius 3 is 2.89 bits per heavy atom. The lowest BCUT2D eigenvalue weighted by molar-refractivity contribution is 0.563. The van der Waals surface area contributed by atoms with Gasteiger partial charge in [-0.15, -0.1) is 0 Å². The molecule has 0 spiro atoms. The van der Waals surface area contributed by atoms with Crippen molar-refractivity contribution in [1.29, 1.82) is 0 Å². The molecule has 4 heteroatoms. The summed E-state index contributed by atoms with van der Waals surface area (Å²) in [7, 11) is 0. The van der Waals surface area contributed by atoms with Gasteiger partial charge in [0, 0.05) is 11.5 Å². The van der Waals surface area contributed by atoms with Crippen LogP contribution in [0.3, 0.4) is 0 Å². The van der Waals surface area contributed by atoms with E-state index in [9.17, 15) is 0 Å². The Morgan fingerprint density at radius 2 is 2.44 bits per heavy atom. The van der Waals surface area contributed by atoms with E-state index in [1.807, 2.05) is 0 Å². The van der Waals surface area contributed by atoms with Crippen LogP contribution in [0.1, 0.15) is 6.92 Å². The number of azide groups is 1. The van der Waals surface area contributed by atoms with Gasteiger partial charge in [0.25, 0.3) is 0 Å². The van der Waals surface area contributed by atoms with Crippen molar-refractivity contribution in [3.05, 3.63) is 10.4 Å². The van der Waals surface area contributed by atoms with Crippen molar-refractivity contribution in [1.82, 2.24) is 5.32 Å². The average molecular weight is 126 g/mol. The Balaban J connectivity index is 2.49. The van der Waals surface area contributed by atoms with E-state index >= 15 is 0 Å². The van der Waals surface area contributed by atoms with Gasteiger partial charge in [-0.3, -0.25) is 0 Å². The summed E-state index contributed by atoms with van der Waals surface area (Å²) in [5.41, 5.74) is 8.07. The fraction of sp³-hybridized carbons (Fsp3) is 1.00. The van der Waals surface area contributed by atoms with E-state index in [4.69, 9.17) is 5.53 Å². The van der Waals surface area contributed by atoms with Crippen LogP contribution in [0.4, 0.5) is 0 Å². The van der Waals surface area contributed by atoms with Gasteiger partial charge in [0.1, 0.15) is 0 Å². The van der Waals surface area contributed by atoms with Crippen LogP contribution < -0.4 is 5.32 Å². The summed E-state index contributed by atoms with van der Waals surface area (Å²) < 4.78 is 0. The minimum Gasteiger partial charge on any atom is -0.316 e. The molecule has 0 unspecified atom stereocenters. The molecule has 0 amide bonds. The van der Waals surface area contributed by atoms with Crippen LogP contribution >= 0.6 is 0 Å². The molecule has 1 rings (SSSR count). The first kappa shape index (κ1) is 6.39. The molecule has 1 saturated heterocycles. The van der Waals surface area contributed by atoms with E-state index in [1.165, 1.54) is 0 Å². The van der Waals surface area contributed by atoms with Crippen LogP contribution in [0.2, 0.25) is 0 Å². The number of nitrogens with one attached hydrogen (secondary N) is 1. The predicted octanol–water partition coefficient (Wildman–Crippen LogP) is 0.905. The maximum absolute atomic E-state index is 8.07. The lowest BCUT2D eigenvalue weighted by Crippen LogP contribution is -2.12. The molecule has 50 valence electrons. The molecule has 0 aliphatic carbocycles. The average Bonchev–Trinajstić information content (AvgIpc) is 2.18. The second-order valence-electron chi connectivity index (χ2n) is 2.41. The highest BCUT2D eigenvalue weighted by atomic mass is 15.2. The largest absolute Gasteiger partial charge is 0.316 e. The molecule has 1 fully saturated rings. The van der Waals surface area contributed by atoms with E-state index in [-0.39, 0.29) is 6.04 Å². The summed E-state index contributed by atoms with van der Waals surface area (Å²) >= 11 is 0. The van der Waals surface area contributed by atoms with Crippen molar-refractivity contribution in [2.75, 3.05) is 13.1 Å². The fourth-order valence-electron chi connectivity index (χ4n) is 1.02. The second-order valence-corrected chi connectivity index (χ2v) is 2.41. The molecule has 1 aliphatic heterocycles. The smallest absolute Gasteiger partial charge is 0.0536 e. The summed E-state index contributed by atoms with van der Waals surface area (Å²) in [6.45, 7) is 3.90. The summed E-state index contributed by atoms with van der Waals surface area (Å²) in [6.07, 6.45) is 0. The van der Waals surface area contributed by atoms with E-state index in [0.29, 0.717) is 5.92 Å². The Kier molecular flexibility index (Phi) is 1.92. The van der Waals surface area contributed by atoms with Crippen molar-refractivity contribution >= 4 is 0 Å². The lowest BCUT2D eigenvalue weighted by atomic mass is 10.1. The Hall–Kier alpha value is -0.730. The molecule has 0 aromatic rings. The van der Waals surface area contributed by atoms with Crippen molar-refractivity contribution in [2.24, 2.45) is 11.0 Å². The van der Waals surface area contributed by atoms with Crippen LogP contribution in [0, 0.1) is 5.92 Å². The fourth-order valence-corrected chi connectivity index (χ4v) is 1.02. The third-order valence-corrected chi connectivity index (χ3v) is 1.68. The van der Waals surface area contributed by atoms with Gasteiger partial charge in [0.2, 0.25) is 0 Å². The molecule has 2 atom stereocenters. The van der Waals surface area contributed by atoms with Gasteiger partial charge < -0.3 is 5.32 Å². The van der Waals surface area contributed by atoms with Gasteiger partial charge in [0.05, 0.1) is 6.04 Å². The number of hydrogen-bond acceptors (Lipinski definition) is 2. The molecule has 0 aromatic heterocycles. The topological polar surface area (TPSA) is 60.8 Å². The van der Waals surface area contributed by atoms with Crippen LogP contribution in [0.5, 0.6) is 0 Å². The summed E-state index contributed by atoms with van der Waals surface area (Å²) in [6, 6.07) is 0.176. The standard InChI is InChI=1S/C5H10N4/c1-4-2-7-3-5(4)8-9-6/h4-5,7H,2-3H2,1H3/t4-,5-/m1/s1. The molecule has 0 aromatic carbocycles. The first-order chi connectivity index (χ1) is 4.34. The third-order valence-electron chi connectivity index (χ3n) is 1.68. The number of nitrogens with zero attached hydrogens (tertiary/aromatic N) is 3. The first-order valence-corrected chi connectivity index (χ1v) is 3.09. The molecular weight excluding hydrogens is 116 g/mol. The highest BCUT2D eigenvalue weighted by Crippen LogP contribution is 2.10. The molecule has 9 heavy (non-hydrogen) atoms. The Morgan fingerprint density at radius 1 is 1.67 bits per heavy atom. The molecule has 4 nitrogen and oxygen atoms in total. The highest BCUT2D eigenvalue weighted by Gasteiger charge is 2.20. The quantitative estimate of drug-likeness (QED) is 0.317. The van der Waals surface area contributed by atoms with Gasteiger partial charge in [-0.05, 0) is 18.0 Å². The molecular formula is C5H10N4. The van der Waals surface area contributed by atoms with Crippen LogP contribution in [-0.2, 0) is 0 Å². The van der Waals surface area contributed by atoms with E-state index in [1.54, 1.807) is 0 Å². The lowest BCUT2D eigenvalue weighted by Gasteiger charge is -2.03. The number of hydrogen-bond donors (Lipinski definition) is 1. The minimum atomic E-state index is 0.176. The summed E-state index contributed by atoms with van der Waals surface area (Å²) in [5, 5.41) is 6.76. The van der Waals surface area contributed by atoms with Crippen LogP contribution in [0.25, 0.3) is 10.4 Å². The first-order valence-electron chi connectivity index (χ1n) is 3.09. The summed E-state index contributed by atoms with van der Waals surface area (Å²) in [5.74, 6) is 0.501. The second kappa shape index (κ2) is 2.71. The monoisotopic (exact) mass is 126 g/mol. The van der Waals surface area contributed by atoms with E-state index in [0.717, 1.165) is 13.1 Å². The molecule has 1 aliphatic rings. The highest BCUT2D eigenvalue weighted by molar-refractivity contribution is 4.83. The molecule has 1 heterocycles. The van der Waals surface area contributed by atoms with Crippen LogP contribution in [-0.4, -0.2) is 19.1 Å². The number of rotatable bonds is 1. The maximum atomic E-state index is 8.07. The minimum absolute atomic E-state index is 0.176. The van der Waals surface area contributed by atoms with Crippen LogP contribution in [0.15, 0.2) is 5.11 Å².